The zero-order valence-electron chi connectivity index (χ0n) is 6.49. The van der Waals surface area contributed by atoms with Gasteiger partial charge in [-0.15, -0.1) is 0 Å². The quantitative estimate of drug-likeness (QED) is 0.462. The van der Waals surface area contributed by atoms with Crippen LogP contribution in [0.4, 0.5) is 0 Å². The first-order valence-corrected chi connectivity index (χ1v) is 4.99. The van der Waals surface area contributed by atoms with E-state index in [0.717, 1.165) is 11.2 Å². The van der Waals surface area contributed by atoms with Gasteiger partial charge in [-0.3, -0.25) is 0 Å². The molecule has 0 aliphatic heterocycles. The Kier molecular flexibility index (Phi) is 6.95. The molecule has 0 heterocycles. The molecule has 0 spiro atoms. The number of hydrogen-bond acceptors (Lipinski definition) is 0. The van der Waals surface area contributed by atoms with Crippen molar-refractivity contribution in [1.29, 1.82) is 0 Å². The molecule has 0 bridgehead atoms. The lowest BCUT2D eigenvalue weighted by Gasteiger charge is -2.04. The number of unbranched alkanes of at least 4 members (excludes halogenated alkanes) is 2. The van der Waals surface area contributed by atoms with E-state index in [1.54, 1.807) is 0 Å². The molecule has 0 aromatic rings. The maximum Gasteiger partial charge on any atom is 0.00570 e. The van der Waals surface area contributed by atoms with Crippen LogP contribution in [0.5, 0.6) is 0 Å². The second kappa shape index (κ2) is 6.60. The highest BCUT2D eigenvalue weighted by atomic mass is 79.9. The maximum absolute atomic E-state index is 3.47. The first-order valence-electron chi connectivity index (χ1n) is 3.87. The molecule has 0 unspecified atom stereocenters. The zero-order chi connectivity index (χ0) is 7.11. The van der Waals surface area contributed by atoms with Gasteiger partial charge in [-0.05, 0) is 12.3 Å². The van der Waals surface area contributed by atoms with Gasteiger partial charge in [-0.1, -0.05) is 49.0 Å². The van der Waals surface area contributed by atoms with E-state index in [-0.39, 0.29) is 0 Å². The van der Waals surface area contributed by atoms with Crippen molar-refractivity contribution in [3.63, 3.8) is 0 Å². The predicted octanol–water partition coefficient (Wildman–Crippen LogP) is 3.60. The van der Waals surface area contributed by atoms with E-state index in [9.17, 15) is 0 Å². The molecule has 56 valence electrons. The molecule has 1 heteroatoms. The normalized spacial score (nSPS) is 13.7. The highest BCUT2D eigenvalue weighted by Crippen LogP contribution is 2.10. The Hall–Kier alpha value is 0.480. The minimum Gasteiger partial charge on any atom is -0.0925 e. The van der Waals surface area contributed by atoms with Gasteiger partial charge < -0.3 is 0 Å². The monoisotopic (exact) mass is 192 g/mol. The van der Waals surface area contributed by atoms with Crippen LogP contribution in [0.25, 0.3) is 0 Å². The van der Waals surface area contributed by atoms with E-state index in [0.29, 0.717) is 0 Å². The Morgan fingerprint density at radius 1 is 1.33 bits per heavy atom. The summed E-state index contributed by atoms with van der Waals surface area (Å²) in [5, 5.41) is 1.16. The molecule has 0 nitrogen and oxygen atoms in total. The van der Waals surface area contributed by atoms with Crippen molar-refractivity contribution >= 4 is 15.9 Å². The summed E-state index contributed by atoms with van der Waals surface area (Å²) in [4.78, 5) is 0. The van der Waals surface area contributed by atoms with Crippen LogP contribution in [-0.2, 0) is 0 Å². The number of halogens is 1. The summed E-state index contributed by atoms with van der Waals surface area (Å²) in [6, 6.07) is 0. The third-order valence-corrected chi connectivity index (χ3v) is 2.67. The molecule has 0 rings (SSSR count). The van der Waals surface area contributed by atoms with Gasteiger partial charge in [0.2, 0.25) is 0 Å². The molecule has 0 aliphatic carbocycles. The minimum absolute atomic E-state index is 0.872. The van der Waals surface area contributed by atoms with Crippen LogP contribution in [-0.4, -0.2) is 5.33 Å². The molecular weight excluding hydrogens is 176 g/mol. The summed E-state index contributed by atoms with van der Waals surface area (Å²) in [7, 11) is 0. The minimum atomic E-state index is 0.872. The van der Waals surface area contributed by atoms with Gasteiger partial charge in [0.25, 0.3) is 0 Å². The molecule has 0 amide bonds. The lowest BCUT2D eigenvalue weighted by molar-refractivity contribution is 0.544. The van der Waals surface area contributed by atoms with Crippen LogP contribution in [0.2, 0.25) is 0 Å². The molecule has 0 radical (unpaired) electrons. The van der Waals surface area contributed by atoms with Crippen molar-refractivity contribution in [2.45, 2.75) is 39.5 Å². The average Bonchev–Trinajstić information content (AvgIpc) is 1.89. The first-order chi connectivity index (χ1) is 4.31. The number of hydrogen-bond donors (Lipinski definition) is 0. The van der Waals surface area contributed by atoms with Crippen LogP contribution >= 0.6 is 15.9 Å². The third kappa shape index (κ3) is 6.36. The van der Waals surface area contributed by atoms with Crippen LogP contribution in [0.15, 0.2) is 0 Å². The van der Waals surface area contributed by atoms with Gasteiger partial charge in [0.05, 0.1) is 0 Å². The average molecular weight is 193 g/mol. The fourth-order valence-electron chi connectivity index (χ4n) is 0.820. The molecule has 0 fully saturated rings. The fraction of sp³-hybridized carbons (Fsp3) is 1.00. The van der Waals surface area contributed by atoms with Crippen molar-refractivity contribution < 1.29 is 0 Å². The number of rotatable bonds is 5. The van der Waals surface area contributed by atoms with Gasteiger partial charge in [0.1, 0.15) is 0 Å². The Morgan fingerprint density at radius 3 is 2.44 bits per heavy atom. The van der Waals surface area contributed by atoms with Gasteiger partial charge in [0, 0.05) is 5.33 Å². The van der Waals surface area contributed by atoms with Crippen LogP contribution in [0, 0.1) is 5.92 Å². The molecule has 0 aliphatic rings. The SMILES string of the molecule is CCCCC[C@H](C)CBr. The van der Waals surface area contributed by atoms with E-state index >= 15 is 0 Å². The van der Waals surface area contributed by atoms with E-state index in [2.05, 4.69) is 29.8 Å². The lowest BCUT2D eigenvalue weighted by atomic mass is 10.1. The Morgan fingerprint density at radius 2 is 2.00 bits per heavy atom. The molecule has 1 atom stereocenters. The van der Waals surface area contributed by atoms with Crippen molar-refractivity contribution in [3.05, 3.63) is 0 Å². The lowest BCUT2D eigenvalue weighted by Crippen LogP contribution is -1.94. The second-order valence-corrected chi connectivity index (χ2v) is 3.40. The molecule has 9 heavy (non-hydrogen) atoms. The summed E-state index contributed by atoms with van der Waals surface area (Å²) in [6.45, 7) is 4.54. The van der Waals surface area contributed by atoms with Gasteiger partial charge >= 0.3 is 0 Å². The molecular formula is C8H17Br. The van der Waals surface area contributed by atoms with E-state index in [1.165, 1.54) is 25.7 Å². The number of alkyl halides is 1. The second-order valence-electron chi connectivity index (χ2n) is 2.76. The van der Waals surface area contributed by atoms with Gasteiger partial charge in [-0.2, -0.15) is 0 Å². The van der Waals surface area contributed by atoms with Crippen molar-refractivity contribution in [3.8, 4) is 0 Å². The fourth-order valence-corrected chi connectivity index (χ4v) is 1.14. The van der Waals surface area contributed by atoms with Crippen LogP contribution < -0.4 is 0 Å². The van der Waals surface area contributed by atoms with Crippen LogP contribution in [0.3, 0.4) is 0 Å². The zero-order valence-corrected chi connectivity index (χ0v) is 8.08. The van der Waals surface area contributed by atoms with Crippen molar-refractivity contribution in [2.24, 2.45) is 5.92 Å². The summed E-state index contributed by atoms with van der Waals surface area (Å²) in [5.41, 5.74) is 0. The standard InChI is InChI=1S/C8H17Br/c1-3-4-5-6-8(2)7-9/h8H,3-7H2,1-2H3/t8-/m0/s1. The molecule has 0 aromatic heterocycles. The van der Waals surface area contributed by atoms with E-state index in [1.807, 2.05) is 0 Å². The van der Waals surface area contributed by atoms with Gasteiger partial charge in [-0.25, -0.2) is 0 Å². The summed E-state index contributed by atoms with van der Waals surface area (Å²) < 4.78 is 0. The Balaban J connectivity index is 2.88. The molecule has 0 saturated carbocycles. The Labute approximate surface area is 67.2 Å². The first kappa shape index (κ1) is 9.48. The summed E-state index contributed by atoms with van der Waals surface area (Å²) >= 11 is 3.47. The smallest absolute Gasteiger partial charge is 0.00570 e. The largest absolute Gasteiger partial charge is 0.0925 e. The van der Waals surface area contributed by atoms with Crippen molar-refractivity contribution in [1.82, 2.24) is 0 Å². The third-order valence-electron chi connectivity index (χ3n) is 1.56. The predicted molar refractivity (Wildman–Crippen MR) is 47.1 cm³/mol. The van der Waals surface area contributed by atoms with E-state index < -0.39 is 0 Å². The summed E-state index contributed by atoms with van der Waals surface area (Å²) in [6.07, 6.45) is 5.54. The van der Waals surface area contributed by atoms with Gasteiger partial charge in [0.15, 0.2) is 0 Å². The van der Waals surface area contributed by atoms with Crippen LogP contribution in [0.1, 0.15) is 39.5 Å². The molecule has 0 aromatic carbocycles. The highest BCUT2D eigenvalue weighted by molar-refractivity contribution is 9.09. The topological polar surface area (TPSA) is 0 Å². The Bertz CT molecular complexity index is 52.5. The maximum atomic E-state index is 3.47. The molecule has 0 N–H and O–H groups in total. The highest BCUT2D eigenvalue weighted by Gasteiger charge is 1.96. The van der Waals surface area contributed by atoms with E-state index in [4.69, 9.17) is 0 Å². The summed E-state index contributed by atoms with van der Waals surface area (Å²) in [5.74, 6) is 0.872. The molecule has 0 saturated heterocycles. The van der Waals surface area contributed by atoms with Crippen molar-refractivity contribution in [2.75, 3.05) is 5.33 Å².